The zero-order valence-electron chi connectivity index (χ0n) is 24.5. The summed E-state index contributed by atoms with van der Waals surface area (Å²) in [5.74, 6) is -1.29. The molecule has 3 atom stereocenters. The van der Waals surface area contributed by atoms with Crippen LogP contribution in [0.2, 0.25) is 13.1 Å². The van der Waals surface area contributed by atoms with Crippen molar-refractivity contribution >= 4 is 31.1 Å². The molecule has 2 bridgehead atoms. The molecule has 0 unspecified atom stereocenters. The van der Waals surface area contributed by atoms with Crippen LogP contribution in [0, 0.1) is 16.2 Å². The Balaban J connectivity index is 1.61. The monoisotopic (exact) mass is 567 g/mol. The molecule has 0 radical (unpaired) electrons. The fourth-order valence-corrected chi connectivity index (χ4v) is 9.84. The van der Waals surface area contributed by atoms with Crippen molar-refractivity contribution in [3.05, 3.63) is 53.4 Å². The Hall–Kier alpha value is -2.75. The maximum Gasteiger partial charge on any atom is 0.339 e. The molecule has 4 aliphatic rings. The molecule has 1 aliphatic carbocycles. The average molecular weight is 568 g/mol. The molecule has 9 heteroatoms. The van der Waals surface area contributed by atoms with Gasteiger partial charge in [-0.3, -0.25) is 9.59 Å². The van der Waals surface area contributed by atoms with E-state index in [0.717, 1.165) is 5.20 Å². The van der Waals surface area contributed by atoms with Crippen molar-refractivity contribution in [3.63, 3.8) is 0 Å². The summed E-state index contributed by atoms with van der Waals surface area (Å²) in [6.45, 7) is 11.9. The third-order valence-electron chi connectivity index (χ3n) is 10.3. The first-order valence-electron chi connectivity index (χ1n) is 14.2. The minimum Gasteiger partial charge on any atom is -0.465 e. The van der Waals surface area contributed by atoms with Gasteiger partial charge in [-0.1, -0.05) is 75.5 Å². The fourth-order valence-electron chi connectivity index (χ4n) is 7.05. The van der Waals surface area contributed by atoms with Gasteiger partial charge in [-0.2, -0.15) is 0 Å². The summed E-state index contributed by atoms with van der Waals surface area (Å²) in [7, 11) is -1.04. The van der Waals surface area contributed by atoms with Gasteiger partial charge >= 0.3 is 11.9 Å². The van der Waals surface area contributed by atoms with Crippen LogP contribution in [0.5, 0.6) is 0 Å². The van der Waals surface area contributed by atoms with E-state index in [4.69, 9.17) is 18.9 Å². The molecule has 40 heavy (non-hydrogen) atoms. The van der Waals surface area contributed by atoms with E-state index in [9.17, 15) is 14.4 Å². The van der Waals surface area contributed by atoms with Gasteiger partial charge in [0.25, 0.3) is 0 Å². The first kappa shape index (κ1) is 28.8. The summed E-state index contributed by atoms with van der Waals surface area (Å²) in [6.07, 6.45) is 5.60. The van der Waals surface area contributed by atoms with Crippen LogP contribution in [-0.2, 0) is 33.3 Å². The van der Waals surface area contributed by atoms with E-state index in [1.54, 1.807) is 11.1 Å². The quantitative estimate of drug-likeness (QED) is 0.281. The highest BCUT2D eigenvalue weighted by molar-refractivity contribution is 6.96. The first-order valence-corrected chi connectivity index (χ1v) is 17.2. The Morgan fingerprint density at radius 2 is 1.73 bits per heavy atom. The number of carbonyl (C=O) groups is 3. The second kappa shape index (κ2) is 10.3. The molecule has 0 aromatic heterocycles. The molecule has 3 heterocycles. The smallest absolute Gasteiger partial charge is 0.339 e. The molecule has 3 fully saturated rings. The van der Waals surface area contributed by atoms with E-state index >= 15 is 0 Å². The van der Waals surface area contributed by atoms with E-state index in [1.807, 2.05) is 32.0 Å². The standard InChI is InChI=1S/C31H41NO7Si/c1-29(2)30(3)14-15-31(29,28(35)39-20-30)27(34)32-19-23(26(33)36-4)24(40(5,6)22-10-8-7-9-11-22)18-21(32)12-13-25-37-16-17-38-25/h7-11,18-19,21,25H,12-17,20H2,1-6H3/t21-,30-,31-/m0/s1. The molecule has 8 nitrogen and oxygen atoms in total. The lowest BCUT2D eigenvalue weighted by Gasteiger charge is -2.51. The predicted octanol–water partition coefficient (Wildman–Crippen LogP) is 3.86. The van der Waals surface area contributed by atoms with E-state index in [2.05, 4.69) is 38.2 Å². The average Bonchev–Trinajstić information content (AvgIpc) is 3.50. The minimum absolute atomic E-state index is 0.303. The number of hydrogen-bond donors (Lipinski definition) is 0. The molecule has 3 aliphatic heterocycles. The van der Waals surface area contributed by atoms with Crippen LogP contribution >= 0.6 is 0 Å². The van der Waals surface area contributed by atoms with Gasteiger partial charge in [0, 0.05) is 18.0 Å². The number of hydrogen-bond acceptors (Lipinski definition) is 7. The van der Waals surface area contributed by atoms with Gasteiger partial charge in [0.1, 0.15) is 8.07 Å². The molecule has 1 saturated carbocycles. The number of ether oxygens (including phenoxy) is 4. The molecule has 1 aromatic rings. The highest BCUT2D eigenvalue weighted by Crippen LogP contribution is 2.66. The number of methoxy groups -OCH3 is 1. The van der Waals surface area contributed by atoms with E-state index in [0.29, 0.717) is 51.1 Å². The summed E-state index contributed by atoms with van der Waals surface area (Å²) < 4.78 is 22.3. The highest BCUT2D eigenvalue weighted by Gasteiger charge is 2.72. The van der Waals surface area contributed by atoms with E-state index in [-0.39, 0.29) is 17.6 Å². The molecular formula is C31H41NO7Si. The van der Waals surface area contributed by atoms with Gasteiger partial charge in [0.15, 0.2) is 11.7 Å². The van der Waals surface area contributed by atoms with Gasteiger partial charge in [-0.05, 0) is 29.9 Å². The molecule has 1 amide bonds. The number of benzene rings is 1. The van der Waals surface area contributed by atoms with Crippen LogP contribution in [0.25, 0.3) is 0 Å². The lowest BCUT2D eigenvalue weighted by Crippen LogP contribution is -2.62. The Morgan fingerprint density at radius 1 is 1.05 bits per heavy atom. The molecule has 5 rings (SSSR count). The number of esters is 2. The highest BCUT2D eigenvalue weighted by atomic mass is 28.3. The van der Waals surface area contributed by atoms with Crippen molar-refractivity contribution < 1.29 is 33.3 Å². The van der Waals surface area contributed by atoms with Gasteiger partial charge in [0.05, 0.1) is 38.5 Å². The van der Waals surface area contributed by atoms with Crippen molar-refractivity contribution in [1.82, 2.24) is 4.90 Å². The summed E-state index contributed by atoms with van der Waals surface area (Å²) in [6, 6.07) is 9.77. The molecule has 1 aromatic carbocycles. The van der Waals surface area contributed by atoms with Gasteiger partial charge in [0.2, 0.25) is 5.91 Å². The van der Waals surface area contributed by atoms with Gasteiger partial charge in [-0.15, -0.1) is 0 Å². The SMILES string of the molecule is COC(=O)C1=CN(C(=O)[C@@]23CC[C@@](C)(COC2=O)C3(C)C)[C@@H](CCC2OCCO2)C=C1[Si](C)(C)c1ccccc1. The van der Waals surface area contributed by atoms with Crippen LogP contribution in [0.1, 0.15) is 46.5 Å². The summed E-state index contributed by atoms with van der Waals surface area (Å²) in [5.41, 5.74) is -1.92. The molecule has 0 N–H and O–H groups in total. The van der Waals surface area contributed by atoms with E-state index in [1.165, 1.54) is 12.3 Å². The minimum atomic E-state index is -2.40. The molecule has 2 saturated heterocycles. The van der Waals surface area contributed by atoms with Crippen molar-refractivity contribution in [1.29, 1.82) is 0 Å². The number of amides is 1. The predicted molar refractivity (Wildman–Crippen MR) is 152 cm³/mol. The van der Waals surface area contributed by atoms with Crippen molar-refractivity contribution in [2.45, 2.75) is 71.9 Å². The fraction of sp³-hybridized carbons (Fsp3) is 0.581. The maximum atomic E-state index is 14.7. The summed E-state index contributed by atoms with van der Waals surface area (Å²) in [5, 5.41) is 2.08. The second-order valence-corrected chi connectivity index (χ2v) is 17.2. The largest absolute Gasteiger partial charge is 0.465 e. The molecule has 0 spiro atoms. The first-order chi connectivity index (χ1) is 18.9. The Kier molecular flexibility index (Phi) is 7.38. The van der Waals surface area contributed by atoms with Crippen LogP contribution in [0.15, 0.2) is 53.4 Å². The normalized spacial score (nSPS) is 30.0. The van der Waals surface area contributed by atoms with Crippen molar-refractivity contribution in [2.24, 2.45) is 16.2 Å². The maximum absolute atomic E-state index is 14.7. The van der Waals surface area contributed by atoms with Crippen molar-refractivity contribution in [3.8, 4) is 0 Å². The number of rotatable bonds is 7. The number of nitrogens with zero attached hydrogens (tertiary/aromatic N) is 1. The van der Waals surface area contributed by atoms with Crippen molar-refractivity contribution in [2.75, 3.05) is 26.9 Å². The summed E-state index contributed by atoms with van der Waals surface area (Å²) in [4.78, 5) is 43.2. The van der Waals surface area contributed by atoms with Crippen LogP contribution in [-0.4, -0.2) is 70.1 Å². The number of cyclic esters (lactones) is 1. The lowest BCUT2D eigenvalue weighted by molar-refractivity contribution is -0.193. The Labute approximate surface area is 237 Å². The van der Waals surface area contributed by atoms with Gasteiger partial charge in [-0.25, -0.2) is 4.79 Å². The lowest BCUT2D eigenvalue weighted by atomic mass is 9.57. The van der Waals surface area contributed by atoms with Crippen LogP contribution in [0.3, 0.4) is 0 Å². The van der Waals surface area contributed by atoms with E-state index < -0.39 is 36.9 Å². The number of fused-ring (bicyclic) bond motifs is 2. The molecule has 216 valence electrons. The molecular weight excluding hydrogens is 526 g/mol. The Morgan fingerprint density at radius 3 is 2.38 bits per heavy atom. The number of carbonyl (C=O) groups excluding carboxylic acids is 3. The zero-order chi connectivity index (χ0) is 28.9. The Bertz CT molecular complexity index is 1250. The van der Waals surface area contributed by atoms with Crippen LogP contribution in [0.4, 0.5) is 0 Å². The van der Waals surface area contributed by atoms with Gasteiger partial charge < -0.3 is 23.8 Å². The second-order valence-electron chi connectivity index (χ2n) is 12.8. The third-order valence-corrected chi connectivity index (χ3v) is 13.9. The third kappa shape index (κ3) is 4.28. The zero-order valence-corrected chi connectivity index (χ0v) is 25.5. The topological polar surface area (TPSA) is 91.4 Å². The van der Waals surface area contributed by atoms with Crippen LogP contribution < -0.4 is 5.19 Å². The summed E-state index contributed by atoms with van der Waals surface area (Å²) >= 11 is 0.